The Morgan fingerprint density at radius 2 is 2.06 bits per heavy atom. The monoisotopic (exact) mass is 269 g/mol. The van der Waals surface area contributed by atoms with E-state index in [0.717, 1.165) is 5.56 Å². The first-order valence-electron chi connectivity index (χ1n) is 6.15. The molecule has 0 amide bonds. The van der Waals surface area contributed by atoms with E-state index >= 15 is 0 Å². The summed E-state index contributed by atoms with van der Waals surface area (Å²) in [4.78, 5) is 0. The number of hydrogen-bond donors (Lipinski definition) is 2. The molecule has 2 N–H and O–H groups in total. The molecule has 0 bridgehead atoms. The molecule has 18 heavy (non-hydrogen) atoms. The van der Waals surface area contributed by atoms with E-state index in [-0.39, 0.29) is 11.6 Å². The zero-order valence-corrected chi connectivity index (χ0v) is 12.0. The van der Waals surface area contributed by atoms with E-state index < -0.39 is 5.79 Å². The van der Waals surface area contributed by atoms with Gasteiger partial charge in [0.15, 0.2) is 0 Å². The van der Waals surface area contributed by atoms with Crippen molar-refractivity contribution in [3.63, 3.8) is 0 Å². The third kappa shape index (κ3) is 2.54. The molecule has 1 aliphatic heterocycles. The maximum Gasteiger partial charge on any atom is 0.208 e. The van der Waals surface area contributed by atoms with Gasteiger partial charge in [0.25, 0.3) is 0 Å². The SMILES string of the molecule is Cc1cc(Cl)cc(C2(O)OCC(C)(C)NC2C)c1. The van der Waals surface area contributed by atoms with Crippen molar-refractivity contribution < 1.29 is 9.84 Å². The van der Waals surface area contributed by atoms with E-state index in [4.69, 9.17) is 16.3 Å². The third-order valence-electron chi connectivity index (χ3n) is 3.30. The summed E-state index contributed by atoms with van der Waals surface area (Å²) >= 11 is 6.05. The number of halogens is 1. The van der Waals surface area contributed by atoms with E-state index in [2.05, 4.69) is 5.32 Å². The Morgan fingerprint density at radius 3 is 2.61 bits per heavy atom. The van der Waals surface area contributed by atoms with E-state index in [1.807, 2.05) is 39.8 Å². The summed E-state index contributed by atoms with van der Waals surface area (Å²) in [6.45, 7) is 8.40. The minimum Gasteiger partial charge on any atom is -0.361 e. The summed E-state index contributed by atoms with van der Waals surface area (Å²) in [6, 6.07) is 5.31. The highest BCUT2D eigenvalue weighted by Crippen LogP contribution is 2.34. The number of hydrogen-bond acceptors (Lipinski definition) is 3. The Hall–Kier alpha value is -0.610. The van der Waals surface area contributed by atoms with E-state index in [1.54, 1.807) is 6.07 Å². The molecular weight excluding hydrogens is 250 g/mol. The average Bonchev–Trinajstić information content (AvgIpc) is 2.22. The maximum absolute atomic E-state index is 10.7. The average molecular weight is 270 g/mol. The Labute approximate surface area is 113 Å². The quantitative estimate of drug-likeness (QED) is 0.823. The summed E-state index contributed by atoms with van der Waals surface area (Å²) in [7, 11) is 0. The first-order chi connectivity index (χ1) is 8.23. The van der Waals surface area contributed by atoms with Gasteiger partial charge in [0, 0.05) is 16.1 Å². The highest BCUT2D eigenvalue weighted by Gasteiger charge is 2.44. The van der Waals surface area contributed by atoms with Crippen LogP contribution in [0.25, 0.3) is 0 Å². The number of morpholine rings is 1. The Kier molecular flexibility index (Phi) is 3.45. The van der Waals surface area contributed by atoms with Gasteiger partial charge in [0.05, 0.1) is 12.6 Å². The van der Waals surface area contributed by atoms with Gasteiger partial charge in [0.1, 0.15) is 0 Å². The zero-order chi connectivity index (χ0) is 13.6. The lowest BCUT2D eigenvalue weighted by Crippen LogP contribution is -2.63. The van der Waals surface area contributed by atoms with Crippen LogP contribution in [0.2, 0.25) is 5.02 Å². The molecule has 1 aromatic rings. The van der Waals surface area contributed by atoms with Gasteiger partial charge >= 0.3 is 0 Å². The predicted molar refractivity (Wildman–Crippen MR) is 72.7 cm³/mol. The summed E-state index contributed by atoms with van der Waals surface area (Å²) < 4.78 is 5.72. The van der Waals surface area contributed by atoms with Crippen molar-refractivity contribution in [2.75, 3.05) is 6.61 Å². The molecule has 1 saturated heterocycles. The van der Waals surface area contributed by atoms with Crippen LogP contribution in [0.15, 0.2) is 18.2 Å². The largest absolute Gasteiger partial charge is 0.361 e. The van der Waals surface area contributed by atoms with Crippen LogP contribution in [-0.2, 0) is 10.5 Å². The molecule has 3 nitrogen and oxygen atoms in total. The normalized spacial score (nSPS) is 31.3. The van der Waals surface area contributed by atoms with Crippen molar-refractivity contribution in [3.8, 4) is 0 Å². The highest BCUT2D eigenvalue weighted by atomic mass is 35.5. The van der Waals surface area contributed by atoms with Crippen LogP contribution in [0.4, 0.5) is 0 Å². The van der Waals surface area contributed by atoms with Crippen LogP contribution in [0, 0.1) is 6.92 Å². The third-order valence-corrected chi connectivity index (χ3v) is 3.52. The molecule has 1 fully saturated rings. The number of rotatable bonds is 1. The highest BCUT2D eigenvalue weighted by molar-refractivity contribution is 6.30. The van der Waals surface area contributed by atoms with E-state index in [1.165, 1.54) is 0 Å². The molecule has 2 atom stereocenters. The summed E-state index contributed by atoms with van der Waals surface area (Å²) in [6.07, 6.45) is 0. The van der Waals surface area contributed by atoms with Gasteiger partial charge in [-0.3, -0.25) is 0 Å². The lowest BCUT2D eigenvalue weighted by molar-refractivity contribution is -0.263. The fraction of sp³-hybridized carbons (Fsp3) is 0.571. The van der Waals surface area contributed by atoms with Crippen LogP contribution in [0.3, 0.4) is 0 Å². The van der Waals surface area contributed by atoms with Crippen LogP contribution >= 0.6 is 11.6 Å². The molecule has 2 rings (SSSR count). The molecule has 0 aliphatic carbocycles. The number of ether oxygens (including phenoxy) is 1. The number of nitrogens with one attached hydrogen (secondary N) is 1. The topological polar surface area (TPSA) is 41.5 Å². The molecule has 0 saturated carbocycles. The van der Waals surface area contributed by atoms with Crippen molar-refractivity contribution in [1.82, 2.24) is 5.32 Å². The number of benzene rings is 1. The second kappa shape index (κ2) is 4.49. The summed E-state index contributed by atoms with van der Waals surface area (Å²) in [5.41, 5.74) is 1.56. The van der Waals surface area contributed by atoms with E-state index in [0.29, 0.717) is 17.2 Å². The fourth-order valence-electron chi connectivity index (χ4n) is 2.42. The van der Waals surface area contributed by atoms with Gasteiger partial charge in [0.2, 0.25) is 5.79 Å². The van der Waals surface area contributed by atoms with Crippen LogP contribution in [0.5, 0.6) is 0 Å². The molecule has 1 heterocycles. The van der Waals surface area contributed by atoms with Gasteiger partial charge in [-0.05, 0) is 45.4 Å². The maximum atomic E-state index is 10.7. The second-order valence-electron chi connectivity index (χ2n) is 5.75. The zero-order valence-electron chi connectivity index (χ0n) is 11.2. The molecular formula is C14H20ClNO2. The predicted octanol–water partition coefficient (Wildman–Crippen LogP) is 2.58. The van der Waals surface area contributed by atoms with Crippen molar-refractivity contribution in [1.29, 1.82) is 0 Å². The summed E-state index contributed by atoms with van der Waals surface area (Å²) in [5.74, 6) is -1.33. The van der Waals surface area contributed by atoms with Crippen molar-refractivity contribution >= 4 is 11.6 Å². The van der Waals surface area contributed by atoms with Gasteiger partial charge in [-0.1, -0.05) is 17.7 Å². The Bertz CT molecular complexity index is 441. The minimum absolute atomic E-state index is 0.140. The molecule has 0 radical (unpaired) electrons. The van der Waals surface area contributed by atoms with Crippen LogP contribution in [0.1, 0.15) is 31.9 Å². The van der Waals surface area contributed by atoms with E-state index in [9.17, 15) is 5.11 Å². The fourth-order valence-corrected chi connectivity index (χ4v) is 2.71. The van der Waals surface area contributed by atoms with Crippen LogP contribution < -0.4 is 5.32 Å². The molecule has 1 aliphatic rings. The minimum atomic E-state index is -1.33. The molecule has 100 valence electrons. The van der Waals surface area contributed by atoms with Crippen molar-refractivity contribution in [3.05, 3.63) is 34.3 Å². The lowest BCUT2D eigenvalue weighted by atomic mass is 9.92. The van der Waals surface area contributed by atoms with Crippen molar-refractivity contribution in [2.45, 2.75) is 45.1 Å². The summed E-state index contributed by atoms with van der Waals surface area (Å²) in [5, 5.41) is 14.7. The molecule has 2 unspecified atom stereocenters. The smallest absolute Gasteiger partial charge is 0.208 e. The van der Waals surface area contributed by atoms with Gasteiger partial charge in [-0.2, -0.15) is 0 Å². The van der Waals surface area contributed by atoms with Gasteiger partial charge < -0.3 is 15.2 Å². The van der Waals surface area contributed by atoms with Crippen molar-refractivity contribution in [2.24, 2.45) is 0 Å². The molecule has 4 heteroatoms. The molecule has 1 aromatic carbocycles. The molecule has 0 aromatic heterocycles. The van der Waals surface area contributed by atoms with Crippen LogP contribution in [-0.4, -0.2) is 23.3 Å². The standard InChI is InChI=1S/C14H20ClNO2/c1-9-5-11(7-12(15)6-9)14(17)10(2)16-13(3,4)8-18-14/h5-7,10,16-17H,8H2,1-4H3. The second-order valence-corrected chi connectivity index (χ2v) is 6.19. The number of aliphatic hydroxyl groups is 1. The molecule has 0 spiro atoms. The van der Waals surface area contributed by atoms with Gasteiger partial charge in [-0.25, -0.2) is 0 Å². The number of aryl methyl sites for hydroxylation is 1. The first kappa shape index (κ1) is 13.8. The first-order valence-corrected chi connectivity index (χ1v) is 6.52. The lowest BCUT2D eigenvalue weighted by Gasteiger charge is -2.46. The Morgan fingerprint density at radius 1 is 1.39 bits per heavy atom. The Balaban J connectivity index is 2.36. The van der Waals surface area contributed by atoms with Gasteiger partial charge in [-0.15, -0.1) is 0 Å².